The summed E-state index contributed by atoms with van der Waals surface area (Å²) in [6, 6.07) is 79.3. The van der Waals surface area contributed by atoms with E-state index < -0.39 is 0 Å². The smallest absolute Gasteiger partial charge is 0.0561 e. The number of nitrogens with zero attached hydrogens (tertiary/aromatic N) is 2. The van der Waals surface area contributed by atoms with Crippen LogP contribution in [0.1, 0.15) is 0 Å². The maximum Gasteiger partial charge on any atom is 0.0561 e. The third kappa shape index (κ3) is 5.80. The van der Waals surface area contributed by atoms with Crippen LogP contribution in [0.4, 0.5) is 17.1 Å². The minimum absolute atomic E-state index is 1.10. The fourth-order valence-electron chi connectivity index (χ4n) is 8.48. The van der Waals surface area contributed by atoms with Crippen molar-refractivity contribution in [3.05, 3.63) is 218 Å². The van der Waals surface area contributed by atoms with Gasteiger partial charge in [-0.3, -0.25) is 0 Å². The van der Waals surface area contributed by atoms with Crippen molar-refractivity contribution < 1.29 is 0 Å². The molecule has 0 amide bonds. The molecule has 2 nitrogen and oxygen atoms in total. The summed E-state index contributed by atoms with van der Waals surface area (Å²) in [6.07, 6.45) is 0. The van der Waals surface area contributed by atoms with Crippen molar-refractivity contribution in [1.82, 2.24) is 4.57 Å². The lowest BCUT2D eigenvalue weighted by atomic mass is 9.99. The summed E-state index contributed by atoms with van der Waals surface area (Å²) in [5.74, 6) is 0. The van der Waals surface area contributed by atoms with E-state index >= 15 is 0 Å². The Morgan fingerprint density at radius 1 is 0.333 bits per heavy atom. The van der Waals surface area contributed by atoms with Crippen LogP contribution in [0.5, 0.6) is 0 Å². The molecule has 0 unspecified atom stereocenters. The van der Waals surface area contributed by atoms with Gasteiger partial charge in [-0.1, -0.05) is 158 Å². The van der Waals surface area contributed by atoms with Crippen LogP contribution in [0.3, 0.4) is 0 Å². The molecule has 0 spiro atoms. The molecule has 0 fully saturated rings. The first-order valence-electron chi connectivity index (χ1n) is 19.4. The van der Waals surface area contributed by atoms with E-state index in [-0.39, 0.29) is 0 Å². The number of fused-ring (bicyclic) bond motifs is 6. The first-order valence-corrected chi connectivity index (χ1v) is 20.2. The quantitative estimate of drug-likeness (QED) is 0.158. The Bertz CT molecular complexity index is 3210. The molecule has 0 atom stereocenters. The number of benzene rings is 9. The van der Waals surface area contributed by atoms with Crippen molar-refractivity contribution in [3.63, 3.8) is 0 Å². The standard InChI is InChI=1S/C54H36N2S/c1-3-13-37(14-4-1)38-25-27-39(28-26-38)40-29-31-43(32-30-40)55(44-18-11-15-41(35-44)46-21-12-22-50-49-20-8-10-24-53(49)57-54(46)50)45-33-34-48-47-19-7-9-23-51(47)56(52(48)36-45)42-16-5-2-6-17-42/h1-36H. The summed E-state index contributed by atoms with van der Waals surface area (Å²) in [5, 5.41) is 5.10. The summed E-state index contributed by atoms with van der Waals surface area (Å²) < 4.78 is 5.03. The van der Waals surface area contributed by atoms with E-state index in [4.69, 9.17) is 0 Å². The highest BCUT2D eigenvalue weighted by molar-refractivity contribution is 7.26. The second-order valence-corrected chi connectivity index (χ2v) is 15.6. The molecule has 0 N–H and O–H groups in total. The van der Waals surface area contributed by atoms with Crippen molar-refractivity contribution in [2.75, 3.05) is 4.90 Å². The third-order valence-electron chi connectivity index (χ3n) is 11.2. The maximum atomic E-state index is 2.41. The lowest BCUT2D eigenvalue weighted by Crippen LogP contribution is -2.10. The fourth-order valence-corrected chi connectivity index (χ4v) is 9.71. The van der Waals surface area contributed by atoms with Crippen molar-refractivity contribution in [2.24, 2.45) is 0 Å². The second-order valence-electron chi connectivity index (χ2n) is 14.5. The first-order chi connectivity index (χ1) is 28.3. The minimum Gasteiger partial charge on any atom is -0.310 e. The Morgan fingerprint density at radius 2 is 0.877 bits per heavy atom. The molecule has 0 aliphatic rings. The van der Waals surface area contributed by atoms with E-state index in [0.717, 1.165) is 22.7 Å². The lowest BCUT2D eigenvalue weighted by molar-refractivity contribution is 1.18. The van der Waals surface area contributed by atoms with E-state index in [9.17, 15) is 0 Å². The predicted molar refractivity (Wildman–Crippen MR) is 245 cm³/mol. The van der Waals surface area contributed by atoms with Crippen LogP contribution in [0.15, 0.2) is 218 Å². The summed E-state index contributed by atoms with van der Waals surface area (Å²) in [5.41, 5.74) is 14.1. The van der Waals surface area contributed by atoms with E-state index in [1.807, 2.05) is 11.3 Å². The van der Waals surface area contributed by atoms with Crippen molar-refractivity contribution in [3.8, 4) is 39.1 Å². The van der Waals surface area contributed by atoms with Gasteiger partial charge in [-0.2, -0.15) is 0 Å². The zero-order chi connectivity index (χ0) is 37.7. The Morgan fingerprint density at radius 3 is 1.65 bits per heavy atom. The fraction of sp³-hybridized carbons (Fsp3) is 0. The zero-order valence-corrected chi connectivity index (χ0v) is 31.9. The second kappa shape index (κ2) is 13.8. The Labute approximate surface area is 335 Å². The predicted octanol–water partition coefficient (Wildman–Crippen LogP) is 15.6. The van der Waals surface area contributed by atoms with Gasteiger partial charge in [0.05, 0.1) is 11.0 Å². The van der Waals surface area contributed by atoms with Gasteiger partial charge in [-0.25, -0.2) is 0 Å². The number of hydrogen-bond acceptors (Lipinski definition) is 2. The van der Waals surface area contributed by atoms with Gasteiger partial charge in [-0.15, -0.1) is 11.3 Å². The number of rotatable bonds is 7. The SMILES string of the molecule is c1ccc(-c2ccc(-c3ccc(N(c4cccc(-c5cccc6c5sc5ccccc56)c4)c4ccc5c6ccccc6n(-c6ccccc6)c5c4)cc3)cc2)cc1. The van der Waals surface area contributed by atoms with Crippen LogP contribution in [0.25, 0.3) is 81.0 Å². The van der Waals surface area contributed by atoms with Crippen molar-refractivity contribution >= 4 is 70.4 Å². The Hall–Kier alpha value is -7.20. The van der Waals surface area contributed by atoms with Crippen LogP contribution < -0.4 is 4.90 Å². The molecule has 0 bridgehead atoms. The van der Waals surface area contributed by atoms with Gasteiger partial charge in [-0.05, 0) is 94.0 Å². The zero-order valence-electron chi connectivity index (χ0n) is 31.1. The van der Waals surface area contributed by atoms with Crippen LogP contribution in [0.2, 0.25) is 0 Å². The summed E-state index contributed by atoms with van der Waals surface area (Å²) in [7, 11) is 0. The third-order valence-corrected chi connectivity index (χ3v) is 12.4. The summed E-state index contributed by atoms with van der Waals surface area (Å²) in [4.78, 5) is 2.41. The van der Waals surface area contributed by atoms with Gasteiger partial charge >= 0.3 is 0 Å². The number of aromatic nitrogens is 1. The molecule has 2 heterocycles. The molecular formula is C54H36N2S. The molecular weight excluding hydrogens is 709 g/mol. The Balaban J connectivity index is 1.07. The normalized spacial score (nSPS) is 11.5. The molecule has 0 saturated carbocycles. The molecule has 0 saturated heterocycles. The van der Waals surface area contributed by atoms with Gasteiger partial charge in [0.2, 0.25) is 0 Å². The number of thiophene rings is 1. The molecule has 0 radical (unpaired) electrons. The number of para-hydroxylation sites is 2. The largest absolute Gasteiger partial charge is 0.310 e. The van der Waals surface area contributed by atoms with Gasteiger partial charge in [0, 0.05) is 53.7 Å². The molecule has 0 aliphatic carbocycles. The van der Waals surface area contributed by atoms with Crippen LogP contribution in [-0.4, -0.2) is 4.57 Å². The molecule has 0 aliphatic heterocycles. The molecule has 11 aromatic rings. The first kappa shape index (κ1) is 33.2. The minimum atomic E-state index is 1.10. The number of hydrogen-bond donors (Lipinski definition) is 0. The highest BCUT2D eigenvalue weighted by Crippen LogP contribution is 2.44. The van der Waals surface area contributed by atoms with Gasteiger partial charge in [0.15, 0.2) is 0 Å². The summed E-state index contributed by atoms with van der Waals surface area (Å²) in [6.45, 7) is 0. The number of anilines is 3. The molecule has 3 heteroatoms. The van der Waals surface area contributed by atoms with Crippen LogP contribution in [-0.2, 0) is 0 Å². The highest BCUT2D eigenvalue weighted by Gasteiger charge is 2.19. The van der Waals surface area contributed by atoms with E-state index in [0.29, 0.717) is 0 Å². The molecule has 2 aromatic heterocycles. The van der Waals surface area contributed by atoms with Crippen LogP contribution in [0, 0.1) is 0 Å². The lowest BCUT2D eigenvalue weighted by Gasteiger charge is -2.26. The molecule has 57 heavy (non-hydrogen) atoms. The topological polar surface area (TPSA) is 8.17 Å². The molecule has 9 aromatic carbocycles. The van der Waals surface area contributed by atoms with Crippen molar-refractivity contribution in [1.29, 1.82) is 0 Å². The maximum absolute atomic E-state index is 2.41. The van der Waals surface area contributed by atoms with E-state index in [1.54, 1.807) is 0 Å². The molecule has 268 valence electrons. The average Bonchev–Trinajstić information content (AvgIpc) is 3.83. The van der Waals surface area contributed by atoms with Crippen LogP contribution >= 0.6 is 11.3 Å². The van der Waals surface area contributed by atoms with Gasteiger partial charge in [0.25, 0.3) is 0 Å². The highest BCUT2D eigenvalue weighted by atomic mass is 32.1. The van der Waals surface area contributed by atoms with Gasteiger partial charge in [0.1, 0.15) is 0 Å². The summed E-state index contributed by atoms with van der Waals surface area (Å²) >= 11 is 1.88. The molecule has 11 rings (SSSR count). The van der Waals surface area contributed by atoms with E-state index in [2.05, 4.69) is 228 Å². The monoisotopic (exact) mass is 744 g/mol. The van der Waals surface area contributed by atoms with Gasteiger partial charge < -0.3 is 9.47 Å². The van der Waals surface area contributed by atoms with Crippen molar-refractivity contribution in [2.45, 2.75) is 0 Å². The Kier molecular flexibility index (Phi) is 8.04. The van der Waals surface area contributed by atoms with E-state index in [1.165, 1.54) is 75.4 Å². The average molecular weight is 745 g/mol.